The first-order valence-electron chi connectivity index (χ1n) is 8.02. The van der Waals surface area contributed by atoms with E-state index in [9.17, 15) is 4.79 Å². The molecule has 3 heterocycles. The normalized spacial score (nSPS) is 24.5. The first-order chi connectivity index (χ1) is 10.6. The van der Waals surface area contributed by atoms with Crippen LogP contribution in [0.4, 0.5) is 0 Å². The molecule has 3 rings (SSSR count). The second-order valence-corrected chi connectivity index (χ2v) is 6.32. The van der Waals surface area contributed by atoms with E-state index in [0.717, 1.165) is 37.9 Å². The molecule has 0 radical (unpaired) electrons. The Balaban J connectivity index is 1.67. The van der Waals surface area contributed by atoms with Crippen LogP contribution in [-0.4, -0.2) is 54.3 Å². The van der Waals surface area contributed by atoms with Crippen molar-refractivity contribution in [3.8, 4) is 0 Å². The number of amides is 1. The summed E-state index contributed by atoms with van der Waals surface area (Å²) in [6.07, 6.45) is 7.35. The molecule has 22 heavy (non-hydrogen) atoms. The van der Waals surface area contributed by atoms with Crippen LogP contribution in [0.5, 0.6) is 0 Å². The van der Waals surface area contributed by atoms with Crippen molar-refractivity contribution in [3.63, 3.8) is 0 Å². The summed E-state index contributed by atoms with van der Waals surface area (Å²) in [7, 11) is 1.76. The molecule has 2 aliphatic rings. The van der Waals surface area contributed by atoms with Crippen LogP contribution in [0.3, 0.4) is 0 Å². The van der Waals surface area contributed by atoms with E-state index in [2.05, 4.69) is 4.98 Å². The van der Waals surface area contributed by atoms with Crippen molar-refractivity contribution in [2.24, 2.45) is 0 Å². The van der Waals surface area contributed by atoms with Gasteiger partial charge < -0.3 is 14.4 Å². The van der Waals surface area contributed by atoms with Gasteiger partial charge in [0.2, 0.25) is 0 Å². The zero-order valence-corrected chi connectivity index (χ0v) is 13.4. The molecule has 5 heteroatoms. The molecule has 2 aliphatic heterocycles. The third kappa shape index (κ3) is 2.88. The van der Waals surface area contributed by atoms with Gasteiger partial charge in [0.15, 0.2) is 0 Å². The molecule has 0 aromatic carbocycles. The number of hydrogen-bond donors (Lipinski definition) is 0. The number of hydrogen-bond acceptors (Lipinski definition) is 4. The summed E-state index contributed by atoms with van der Waals surface area (Å²) in [5.74, 6) is 0.0656. The van der Waals surface area contributed by atoms with E-state index in [1.165, 1.54) is 0 Å². The lowest BCUT2D eigenvalue weighted by Gasteiger charge is -2.48. The number of aromatic nitrogens is 1. The Bertz CT molecular complexity index is 538. The Labute approximate surface area is 131 Å². The molecule has 0 saturated carbocycles. The average molecular weight is 304 g/mol. The number of nitrogens with zero attached hydrogens (tertiary/aromatic N) is 2. The minimum Gasteiger partial charge on any atom is -0.378 e. The van der Waals surface area contributed by atoms with E-state index in [1.54, 1.807) is 19.5 Å². The van der Waals surface area contributed by atoms with Crippen LogP contribution < -0.4 is 0 Å². The van der Waals surface area contributed by atoms with Crippen molar-refractivity contribution < 1.29 is 14.3 Å². The average Bonchev–Trinajstić information content (AvgIpc) is 2.55. The number of aryl methyl sites for hydroxylation is 1. The van der Waals surface area contributed by atoms with Gasteiger partial charge in [0.25, 0.3) is 5.91 Å². The summed E-state index contributed by atoms with van der Waals surface area (Å²) in [4.78, 5) is 18.6. The summed E-state index contributed by atoms with van der Waals surface area (Å²) < 4.78 is 11.7. The van der Waals surface area contributed by atoms with E-state index < -0.39 is 0 Å². The molecule has 1 aromatic heterocycles. The number of carbonyl (C=O) groups is 1. The highest BCUT2D eigenvalue weighted by atomic mass is 16.5. The fraction of sp³-hybridized carbons (Fsp3) is 0.647. The largest absolute Gasteiger partial charge is 0.378 e. The van der Waals surface area contributed by atoms with Crippen LogP contribution in [0.15, 0.2) is 18.5 Å². The Hall–Kier alpha value is -1.46. The monoisotopic (exact) mass is 304 g/mol. The first-order valence-corrected chi connectivity index (χ1v) is 8.02. The van der Waals surface area contributed by atoms with Crippen molar-refractivity contribution >= 4 is 5.91 Å². The zero-order valence-electron chi connectivity index (χ0n) is 13.4. The fourth-order valence-electron chi connectivity index (χ4n) is 3.64. The third-order valence-corrected chi connectivity index (χ3v) is 4.89. The third-order valence-electron chi connectivity index (χ3n) is 4.89. The van der Waals surface area contributed by atoms with Gasteiger partial charge in [0.05, 0.1) is 17.3 Å². The van der Waals surface area contributed by atoms with Crippen LogP contribution in [0.1, 0.15) is 41.6 Å². The highest BCUT2D eigenvalue weighted by Gasteiger charge is 2.45. The Morgan fingerprint density at radius 2 is 2.18 bits per heavy atom. The molecular formula is C17H24N2O3. The summed E-state index contributed by atoms with van der Waals surface area (Å²) in [6, 6.07) is 1.90. The van der Waals surface area contributed by atoms with Gasteiger partial charge in [-0.2, -0.15) is 0 Å². The second-order valence-electron chi connectivity index (χ2n) is 6.32. The number of carbonyl (C=O) groups excluding carboxylic acids is 1. The van der Waals surface area contributed by atoms with Crippen LogP contribution in [-0.2, 0) is 9.47 Å². The molecule has 0 unspecified atom stereocenters. The molecule has 5 nitrogen and oxygen atoms in total. The van der Waals surface area contributed by atoms with Gasteiger partial charge in [-0.3, -0.25) is 9.78 Å². The minimum absolute atomic E-state index is 0.0656. The van der Waals surface area contributed by atoms with Crippen LogP contribution in [0.2, 0.25) is 0 Å². The molecule has 1 atom stereocenters. The molecule has 1 spiro atoms. The molecule has 2 saturated heterocycles. The van der Waals surface area contributed by atoms with Crippen molar-refractivity contribution in [3.05, 3.63) is 29.6 Å². The smallest absolute Gasteiger partial charge is 0.255 e. The minimum atomic E-state index is -0.200. The van der Waals surface area contributed by atoms with Gasteiger partial charge in [-0.1, -0.05) is 0 Å². The van der Waals surface area contributed by atoms with Gasteiger partial charge in [-0.05, 0) is 44.2 Å². The fourth-order valence-corrected chi connectivity index (χ4v) is 3.64. The predicted octanol–water partition coefficient (Wildman–Crippen LogP) is 2.19. The molecule has 1 amide bonds. The van der Waals surface area contributed by atoms with Gasteiger partial charge in [-0.25, -0.2) is 0 Å². The lowest BCUT2D eigenvalue weighted by Crippen LogP contribution is -2.56. The van der Waals surface area contributed by atoms with E-state index >= 15 is 0 Å². The van der Waals surface area contributed by atoms with Crippen molar-refractivity contribution in [1.29, 1.82) is 0 Å². The number of likely N-dealkylation sites (tertiary alicyclic amines) is 1. The molecule has 1 aromatic rings. The van der Waals surface area contributed by atoms with Gasteiger partial charge in [-0.15, -0.1) is 0 Å². The number of methoxy groups -OCH3 is 1. The first kappa shape index (κ1) is 15.4. The molecule has 0 aliphatic carbocycles. The van der Waals surface area contributed by atoms with E-state index in [1.807, 2.05) is 17.9 Å². The van der Waals surface area contributed by atoms with Crippen molar-refractivity contribution in [2.75, 3.05) is 26.8 Å². The summed E-state index contributed by atoms with van der Waals surface area (Å²) in [6.45, 7) is 4.18. The lowest BCUT2D eigenvalue weighted by molar-refractivity contribution is -0.183. The molecular weight excluding hydrogens is 280 g/mol. The van der Waals surface area contributed by atoms with Crippen LogP contribution in [0.25, 0.3) is 0 Å². The summed E-state index contributed by atoms with van der Waals surface area (Å²) >= 11 is 0. The highest BCUT2D eigenvalue weighted by molar-refractivity contribution is 5.94. The second kappa shape index (κ2) is 6.34. The summed E-state index contributed by atoms with van der Waals surface area (Å²) in [5, 5.41) is 0. The molecule has 2 fully saturated rings. The predicted molar refractivity (Wildman–Crippen MR) is 82.8 cm³/mol. The van der Waals surface area contributed by atoms with Crippen LogP contribution in [0, 0.1) is 6.92 Å². The number of pyridine rings is 1. The topological polar surface area (TPSA) is 51.7 Å². The lowest BCUT2D eigenvalue weighted by atomic mass is 9.81. The molecule has 0 bridgehead atoms. The number of rotatable bonds is 2. The maximum atomic E-state index is 12.6. The van der Waals surface area contributed by atoms with E-state index in [0.29, 0.717) is 18.7 Å². The van der Waals surface area contributed by atoms with Gasteiger partial charge >= 0.3 is 0 Å². The number of ether oxygens (including phenoxy) is 2. The SMILES string of the molecule is CO[C@H]1CCCOC12CCN(C(=O)c1cncc(C)c1)CC2. The van der Waals surface area contributed by atoms with Crippen molar-refractivity contribution in [1.82, 2.24) is 9.88 Å². The van der Waals surface area contributed by atoms with Gasteiger partial charge in [0.1, 0.15) is 0 Å². The molecule has 120 valence electrons. The highest BCUT2D eigenvalue weighted by Crippen LogP contribution is 2.37. The zero-order chi connectivity index (χ0) is 15.6. The summed E-state index contributed by atoms with van der Waals surface area (Å²) in [5.41, 5.74) is 1.48. The van der Waals surface area contributed by atoms with E-state index in [4.69, 9.17) is 9.47 Å². The maximum Gasteiger partial charge on any atom is 0.255 e. The maximum absolute atomic E-state index is 12.6. The quantitative estimate of drug-likeness (QED) is 0.840. The van der Waals surface area contributed by atoms with Crippen LogP contribution >= 0.6 is 0 Å². The van der Waals surface area contributed by atoms with E-state index in [-0.39, 0.29) is 17.6 Å². The molecule has 0 N–H and O–H groups in total. The van der Waals surface area contributed by atoms with Gasteiger partial charge in [0, 0.05) is 39.2 Å². The van der Waals surface area contributed by atoms with Crippen molar-refractivity contribution in [2.45, 2.75) is 44.3 Å². The standard InChI is InChI=1S/C17H24N2O3/c1-13-10-14(12-18-11-13)16(20)19-7-5-17(6-8-19)15(21-2)4-3-9-22-17/h10-12,15H,3-9H2,1-2H3/t15-/m0/s1. The number of piperidine rings is 1. The Morgan fingerprint density at radius 3 is 2.86 bits per heavy atom. The Morgan fingerprint density at radius 1 is 1.41 bits per heavy atom. The Kier molecular flexibility index (Phi) is 4.45.